The molecule has 0 aromatic heterocycles. The number of hydrogen-bond donors (Lipinski definition) is 1. The molecule has 2 aromatic carbocycles. The number of hydrogen-bond acceptors (Lipinski definition) is 2. The number of sulfonamides is 1. The van der Waals surface area contributed by atoms with Gasteiger partial charge in [0.25, 0.3) is 0 Å². The monoisotopic (exact) mass is 302 g/mol. The summed E-state index contributed by atoms with van der Waals surface area (Å²) in [4.78, 5) is 0.272. The van der Waals surface area contributed by atoms with Crippen molar-refractivity contribution >= 4 is 10.0 Å². The largest absolute Gasteiger partial charge is 0.290 e. The molecular formula is C16H16NO3S. The molecule has 0 spiro atoms. The van der Waals surface area contributed by atoms with Crippen LogP contribution < -0.4 is 4.72 Å². The number of nitrogens with one attached hydrogen (secondary N) is 1. The Labute approximate surface area is 124 Å². The summed E-state index contributed by atoms with van der Waals surface area (Å²) in [5.74, 6) is 0.0527. The van der Waals surface area contributed by atoms with E-state index >= 15 is 0 Å². The van der Waals surface area contributed by atoms with Crippen molar-refractivity contribution in [3.8, 4) is 5.75 Å². The summed E-state index contributed by atoms with van der Waals surface area (Å²) in [6.45, 7) is 0. The molecule has 1 atom stereocenters. The van der Waals surface area contributed by atoms with Crippen LogP contribution in [0.4, 0.5) is 0 Å². The van der Waals surface area contributed by atoms with Gasteiger partial charge in [-0.25, -0.2) is 13.1 Å². The van der Waals surface area contributed by atoms with Gasteiger partial charge < -0.3 is 0 Å². The van der Waals surface area contributed by atoms with Crippen LogP contribution in [0.25, 0.3) is 0 Å². The molecule has 0 saturated carbocycles. The summed E-state index contributed by atoms with van der Waals surface area (Å²) in [5.41, 5.74) is 1.78. The lowest BCUT2D eigenvalue weighted by Crippen LogP contribution is -2.38. The zero-order valence-corrected chi connectivity index (χ0v) is 12.3. The molecule has 1 N–H and O–H groups in total. The smallest absolute Gasteiger partial charge is 0.240 e. The number of benzene rings is 2. The minimum absolute atomic E-state index is 0.0527. The lowest BCUT2D eigenvalue weighted by molar-refractivity contribution is 0.345. The summed E-state index contributed by atoms with van der Waals surface area (Å²) in [6, 6.07) is 13.4. The Morgan fingerprint density at radius 3 is 2.52 bits per heavy atom. The molecule has 0 amide bonds. The lowest BCUT2D eigenvalue weighted by Gasteiger charge is -2.25. The van der Waals surface area contributed by atoms with Crippen LogP contribution in [0, 0.1) is 0 Å². The fourth-order valence-electron chi connectivity index (χ4n) is 2.76. The van der Waals surface area contributed by atoms with Gasteiger partial charge in [0.05, 0.1) is 4.90 Å². The molecule has 1 radical (unpaired) electrons. The molecule has 2 aromatic rings. The van der Waals surface area contributed by atoms with Crippen LogP contribution in [-0.2, 0) is 28.0 Å². The highest BCUT2D eigenvalue weighted by Gasteiger charge is 2.25. The number of rotatable bonds is 3. The second kappa shape index (κ2) is 5.50. The average molecular weight is 302 g/mol. The maximum Gasteiger partial charge on any atom is 0.240 e. The third-order valence-corrected chi connectivity index (χ3v) is 5.35. The number of fused-ring (bicyclic) bond motifs is 1. The summed E-state index contributed by atoms with van der Waals surface area (Å²) in [6.07, 6.45) is 1.84. The molecule has 0 aliphatic heterocycles. The van der Waals surface area contributed by atoms with Gasteiger partial charge in [0, 0.05) is 11.6 Å². The van der Waals surface area contributed by atoms with Gasteiger partial charge in [0.2, 0.25) is 10.0 Å². The van der Waals surface area contributed by atoms with Crippen LogP contribution in [0.15, 0.2) is 53.4 Å². The summed E-state index contributed by atoms with van der Waals surface area (Å²) < 4.78 is 27.4. The minimum Gasteiger partial charge on any atom is -0.290 e. The van der Waals surface area contributed by atoms with E-state index in [2.05, 4.69) is 4.72 Å². The highest BCUT2D eigenvalue weighted by atomic mass is 32.2. The minimum atomic E-state index is -3.50. The van der Waals surface area contributed by atoms with E-state index in [-0.39, 0.29) is 16.7 Å². The van der Waals surface area contributed by atoms with Crippen molar-refractivity contribution in [3.63, 3.8) is 0 Å². The quantitative estimate of drug-likeness (QED) is 0.947. The first-order valence-corrected chi connectivity index (χ1v) is 8.40. The van der Waals surface area contributed by atoms with Gasteiger partial charge >= 0.3 is 0 Å². The van der Waals surface area contributed by atoms with E-state index in [0.717, 1.165) is 11.1 Å². The molecule has 0 fully saturated rings. The first-order chi connectivity index (χ1) is 10.1. The van der Waals surface area contributed by atoms with E-state index in [1.165, 1.54) is 0 Å². The maximum absolute atomic E-state index is 12.3. The summed E-state index contributed by atoms with van der Waals surface area (Å²) >= 11 is 0. The van der Waals surface area contributed by atoms with E-state index < -0.39 is 10.0 Å². The maximum atomic E-state index is 12.3. The fraction of sp³-hybridized carbons (Fsp3) is 0.250. The third-order valence-electron chi connectivity index (χ3n) is 3.81. The Bertz CT molecular complexity index is 741. The highest BCUT2D eigenvalue weighted by Crippen LogP contribution is 2.29. The van der Waals surface area contributed by atoms with Gasteiger partial charge in [-0.3, -0.25) is 5.11 Å². The van der Waals surface area contributed by atoms with Crippen LogP contribution in [-0.4, -0.2) is 14.5 Å². The summed E-state index contributed by atoms with van der Waals surface area (Å²) in [5, 5.41) is 11.7. The molecule has 1 unspecified atom stereocenters. The van der Waals surface area contributed by atoms with Crippen molar-refractivity contribution in [1.29, 1.82) is 0 Å². The molecule has 0 heterocycles. The SMILES string of the molecule is [O]c1cccc2c1CCC(NS(=O)(=O)c1ccccc1)C2. The van der Waals surface area contributed by atoms with E-state index in [1.807, 2.05) is 6.07 Å². The van der Waals surface area contributed by atoms with Crippen LogP contribution in [0.3, 0.4) is 0 Å². The predicted molar refractivity (Wildman–Crippen MR) is 79.2 cm³/mol. The Balaban J connectivity index is 1.79. The van der Waals surface area contributed by atoms with Crippen molar-refractivity contribution in [1.82, 2.24) is 4.72 Å². The first-order valence-electron chi connectivity index (χ1n) is 6.91. The third kappa shape index (κ3) is 2.94. The topological polar surface area (TPSA) is 66.1 Å². The van der Waals surface area contributed by atoms with Crippen molar-refractivity contribution in [3.05, 3.63) is 59.7 Å². The standard InChI is InChI=1S/C16H16NO3S/c18-16-8-4-5-12-11-13(9-10-15(12)16)17-21(19,20)14-6-2-1-3-7-14/h1-8,13,17H,9-11H2. The zero-order valence-electron chi connectivity index (χ0n) is 11.5. The Kier molecular flexibility index (Phi) is 3.69. The van der Waals surface area contributed by atoms with E-state index in [0.29, 0.717) is 19.3 Å². The molecule has 21 heavy (non-hydrogen) atoms. The van der Waals surface area contributed by atoms with Gasteiger partial charge in [0.1, 0.15) is 0 Å². The van der Waals surface area contributed by atoms with Gasteiger partial charge in [-0.2, -0.15) is 0 Å². The van der Waals surface area contributed by atoms with Gasteiger partial charge in [-0.15, -0.1) is 0 Å². The molecule has 1 aliphatic rings. The van der Waals surface area contributed by atoms with Crippen molar-refractivity contribution in [2.24, 2.45) is 0 Å². The lowest BCUT2D eigenvalue weighted by atomic mass is 9.88. The van der Waals surface area contributed by atoms with Gasteiger partial charge in [0.15, 0.2) is 5.75 Å². The molecule has 0 saturated heterocycles. The normalized spacial score (nSPS) is 18.2. The first kappa shape index (κ1) is 14.1. The van der Waals surface area contributed by atoms with Crippen LogP contribution >= 0.6 is 0 Å². The highest BCUT2D eigenvalue weighted by molar-refractivity contribution is 7.89. The van der Waals surface area contributed by atoms with Crippen LogP contribution in [0.2, 0.25) is 0 Å². The molecule has 3 rings (SSSR count). The van der Waals surface area contributed by atoms with Crippen molar-refractivity contribution in [2.45, 2.75) is 30.2 Å². The molecule has 5 heteroatoms. The molecule has 4 nitrogen and oxygen atoms in total. The molecule has 0 bridgehead atoms. The van der Waals surface area contributed by atoms with E-state index in [4.69, 9.17) is 0 Å². The zero-order chi connectivity index (χ0) is 14.9. The van der Waals surface area contributed by atoms with Crippen molar-refractivity contribution < 1.29 is 13.5 Å². The second-order valence-corrected chi connectivity index (χ2v) is 6.98. The van der Waals surface area contributed by atoms with Crippen LogP contribution in [0.5, 0.6) is 5.75 Å². The molecular weight excluding hydrogens is 286 g/mol. The average Bonchev–Trinajstić information content (AvgIpc) is 2.48. The predicted octanol–water partition coefficient (Wildman–Crippen LogP) is 2.67. The Morgan fingerprint density at radius 2 is 1.76 bits per heavy atom. The van der Waals surface area contributed by atoms with Gasteiger partial charge in [-0.1, -0.05) is 30.3 Å². The Morgan fingerprint density at radius 1 is 1.00 bits per heavy atom. The molecule has 109 valence electrons. The van der Waals surface area contributed by atoms with E-state index in [9.17, 15) is 13.5 Å². The fourth-order valence-corrected chi connectivity index (χ4v) is 4.05. The summed E-state index contributed by atoms with van der Waals surface area (Å²) in [7, 11) is -3.50. The van der Waals surface area contributed by atoms with E-state index in [1.54, 1.807) is 42.5 Å². The second-order valence-electron chi connectivity index (χ2n) is 5.27. The molecule has 1 aliphatic carbocycles. The van der Waals surface area contributed by atoms with Gasteiger partial charge in [-0.05, 0) is 43.0 Å². The van der Waals surface area contributed by atoms with Crippen LogP contribution in [0.1, 0.15) is 17.5 Å². The van der Waals surface area contributed by atoms with Crippen molar-refractivity contribution in [2.75, 3.05) is 0 Å². The Hall–Kier alpha value is -1.85.